The molecule has 1 atom stereocenters. The first-order valence-electron chi connectivity index (χ1n) is 7.29. The number of hydrogen-bond acceptors (Lipinski definition) is 2. The molecule has 2 rings (SSSR count). The molecule has 0 aliphatic carbocycles. The number of likely N-dealkylation sites (tertiary alicyclic amines) is 1. The zero-order valence-corrected chi connectivity index (χ0v) is 14.2. The second kappa shape index (κ2) is 8.02. The van der Waals surface area contributed by atoms with Gasteiger partial charge in [-0.25, -0.2) is 0 Å². The van der Waals surface area contributed by atoms with Gasteiger partial charge < -0.3 is 10.6 Å². The molecule has 1 aliphatic heterocycles. The zero-order chi connectivity index (χ0) is 14.7. The first-order chi connectivity index (χ1) is 9.49. The van der Waals surface area contributed by atoms with E-state index in [0.29, 0.717) is 5.92 Å². The molecule has 0 bridgehead atoms. The molecule has 1 saturated heterocycles. The molecule has 0 spiro atoms. The van der Waals surface area contributed by atoms with Gasteiger partial charge >= 0.3 is 0 Å². The summed E-state index contributed by atoms with van der Waals surface area (Å²) in [6.45, 7) is 5.57. The topological polar surface area (TPSA) is 46.3 Å². The molecule has 2 N–H and O–H groups in total. The molecule has 5 heteroatoms. The Morgan fingerprint density at radius 3 is 2.24 bits per heavy atom. The fraction of sp³-hybridized carbons (Fsp3) is 0.562. The van der Waals surface area contributed by atoms with Crippen LogP contribution in [0.5, 0.6) is 0 Å². The molecule has 1 fully saturated rings. The number of benzene rings is 1. The average Bonchev–Trinajstić information content (AvgIpc) is 2.46. The third-order valence-electron chi connectivity index (χ3n) is 4.15. The van der Waals surface area contributed by atoms with E-state index in [2.05, 4.69) is 12.1 Å². The highest BCUT2D eigenvalue weighted by Gasteiger charge is 2.28. The largest absolute Gasteiger partial charge is 0.341 e. The second-order valence-corrected chi connectivity index (χ2v) is 6.36. The van der Waals surface area contributed by atoms with Gasteiger partial charge in [-0.3, -0.25) is 4.79 Å². The van der Waals surface area contributed by atoms with E-state index in [-0.39, 0.29) is 30.3 Å². The van der Waals surface area contributed by atoms with E-state index in [9.17, 15) is 4.79 Å². The Balaban J connectivity index is 0.00000220. The Morgan fingerprint density at radius 2 is 1.76 bits per heavy atom. The predicted molar refractivity (Wildman–Crippen MR) is 90.1 cm³/mol. The molecule has 1 aliphatic rings. The minimum atomic E-state index is -0.373. The minimum absolute atomic E-state index is 0. The molecule has 3 nitrogen and oxygen atoms in total. The number of carbonyl (C=O) groups excluding carboxylic acids is 1. The van der Waals surface area contributed by atoms with Crippen LogP contribution < -0.4 is 5.73 Å². The van der Waals surface area contributed by atoms with E-state index in [1.54, 1.807) is 0 Å². The molecule has 118 valence electrons. The van der Waals surface area contributed by atoms with Crippen LogP contribution >= 0.6 is 24.0 Å². The van der Waals surface area contributed by atoms with Gasteiger partial charge in [-0.15, -0.1) is 12.4 Å². The fourth-order valence-corrected chi connectivity index (χ4v) is 2.79. The van der Waals surface area contributed by atoms with Crippen LogP contribution in [0.25, 0.3) is 0 Å². The van der Waals surface area contributed by atoms with Crippen molar-refractivity contribution in [2.24, 2.45) is 11.7 Å². The Bertz CT molecular complexity index is 454. The van der Waals surface area contributed by atoms with Crippen LogP contribution in [-0.2, 0) is 4.79 Å². The number of nitrogens with two attached hydrogens (primary N) is 1. The summed E-state index contributed by atoms with van der Waals surface area (Å²) in [6.07, 6.45) is 2.00. The molecular weight excluding hydrogens is 307 g/mol. The zero-order valence-electron chi connectivity index (χ0n) is 12.6. The van der Waals surface area contributed by atoms with Crippen molar-refractivity contribution in [2.45, 2.75) is 38.6 Å². The molecule has 1 amide bonds. The Kier molecular flexibility index (Phi) is 6.98. The lowest BCUT2D eigenvalue weighted by molar-refractivity contribution is -0.134. The van der Waals surface area contributed by atoms with Crippen molar-refractivity contribution in [1.29, 1.82) is 0 Å². The molecule has 0 radical (unpaired) electrons. The van der Waals surface area contributed by atoms with Gasteiger partial charge in [0.25, 0.3) is 0 Å². The molecule has 21 heavy (non-hydrogen) atoms. The van der Waals surface area contributed by atoms with E-state index in [1.807, 2.05) is 30.9 Å². The van der Waals surface area contributed by atoms with Crippen LogP contribution in [0.3, 0.4) is 0 Å². The molecule has 1 heterocycles. The quantitative estimate of drug-likeness (QED) is 0.922. The molecule has 0 saturated carbocycles. The lowest BCUT2D eigenvalue weighted by Gasteiger charge is -2.34. The lowest BCUT2D eigenvalue weighted by atomic mass is 9.89. The Morgan fingerprint density at radius 1 is 1.24 bits per heavy atom. The maximum absolute atomic E-state index is 12.2. The standard InChI is InChI=1S/C16H23ClN2O.ClH/c1-11(2)15(18)16(20)19-9-7-13(8-10-19)12-3-5-14(17)6-4-12;/h3-6,11,13,15H,7-10,18H2,1-2H3;1H/t15-;/m1./s1. The summed E-state index contributed by atoms with van der Waals surface area (Å²) < 4.78 is 0. The maximum atomic E-state index is 12.2. The summed E-state index contributed by atoms with van der Waals surface area (Å²) in [7, 11) is 0. The highest BCUT2D eigenvalue weighted by atomic mass is 35.5. The Labute approximate surface area is 138 Å². The van der Waals surface area contributed by atoms with Gasteiger partial charge in [0, 0.05) is 18.1 Å². The average molecular weight is 331 g/mol. The number of rotatable bonds is 3. The van der Waals surface area contributed by atoms with Crippen LogP contribution in [-0.4, -0.2) is 29.9 Å². The summed E-state index contributed by atoms with van der Waals surface area (Å²) >= 11 is 5.91. The van der Waals surface area contributed by atoms with Crippen molar-refractivity contribution >= 4 is 29.9 Å². The van der Waals surface area contributed by atoms with Crippen molar-refractivity contribution in [3.05, 3.63) is 34.9 Å². The van der Waals surface area contributed by atoms with Crippen LogP contribution in [0.1, 0.15) is 38.2 Å². The summed E-state index contributed by atoms with van der Waals surface area (Å²) in [6, 6.07) is 7.67. The molecule has 0 unspecified atom stereocenters. The summed E-state index contributed by atoms with van der Waals surface area (Å²) in [5, 5.41) is 0.768. The third kappa shape index (κ3) is 4.60. The van der Waals surface area contributed by atoms with E-state index in [1.165, 1.54) is 5.56 Å². The highest BCUT2D eigenvalue weighted by molar-refractivity contribution is 6.30. The van der Waals surface area contributed by atoms with Gasteiger partial charge in [-0.2, -0.15) is 0 Å². The SMILES string of the molecule is CC(C)[C@@H](N)C(=O)N1CCC(c2ccc(Cl)cc2)CC1.Cl. The van der Waals surface area contributed by atoms with Crippen molar-refractivity contribution in [1.82, 2.24) is 4.90 Å². The van der Waals surface area contributed by atoms with E-state index < -0.39 is 0 Å². The number of carbonyl (C=O) groups is 1. The number of halogens is 2. The third-order valence-corrected chi connectivity index (χ3v) is 4.40. The van der Waals surface area contributed by atoms with Gasteiger partial charge in [0.2, 0.25) is 5.91 Å². The van der Waals surface area contributed by atoms with E-state index in [4.69, 9.17) is 17.3 Å². The highest BCUT2D eigenvalue weighted by Crippen LogP contribution is 2.29. The smallest absolute Gasteiger partial charge is 0.239 e. The molecular formula is C16H24Cl2N2O. The maximum Gasteiger partial charge on any atom is 0.239 e. The van der Waals surface area contributed by atoms with Crippen molar-refractivity contribution < 1.29 is 4.79 Å². The van der Waals surface area contributed by atoms with E-state index >= 15 is 0 Å². The van der Waals surface area contributed by atoms with Gasteiger partial charge in [0.15, 0.2) is 0 Å². The van der Waals surface area contributed by atoms with Gasteiger partial charge in [0.1, 0.15) is 0 Å². The van der Waals surface area contributed by atoms with Gasteiger partial charge in [-0.1, -0.05) is 37.6 Å². The first kappa shape index (κ1) is 18.3. The summed E-state index contributed by atoms with van der Waals surface area (Å²) in [4.78, 5) is 14.1. The summed E-state index contributed by atoms with van der Waals surface area (Å²) in [5.74, 6) is 0.803. The lowest BCUT2D eigenvalue weighted by Crippen LogP contribution is -2.49. The van der Waals surface area contributed by atoms with Crippen LogP contribution in [0.2, 0.25) is 5.02 Å². The van der Waals surface area contributed by atoms with Crippen molar-refractivity contribution in [3.8, 4) is 0 Å². The monoisotopic (exact) mass is 330 g/mol. The number of nitrogens with zero attached hydrogens (tertiary/aromatic N) is 1. The number of piperidine rings is 1. The molecule has 1 aromatic rings. The fourth-order valence-electron chi connectivity index (χ4n) is 2.66. The normalized spacial score (nSPS) is 17.5. The molecule has 1 aromatic carbocycles. The van der Waals surface area contributed by atoms with Crippen molar-refractivity contribution in [2.75, 3.05) is 13.1 Å². The second-order valence-electron chi connectivity index (χ2n) is 5.92. The van der Waals surface area contributed by atoms with Gasteiger partial charge in [-0.05, 0) is 42.4 Å². The van der Waals surface area contributed by atoms with Gasteiger partial charge in [0.05, 0.1) is 6.04 Å². The first-order valence-corrected chi connectivity index (χ1v) is 7.66. The van der Waals surface area contributed by atoms with Crippen LogP contribution in [0.4, 0.5) is 0 Å². The minimum Gasteiger partial charge on any atom is -0.341 e. The number of hydrogen-bond donors (Lipinski definition) is 1. The van der Waals surface area contributed by atoms with Crippen LogP contribution in [0.15, 0.2) is 24.3 Å². The number of amides is 1. The summed E-state index contributed by atoms with van der Waals surface area (Å²) in [5.41, 5.74) is 7.26. The predicted octanol–water partition coefficient (Wildman–Crippen LogP) is 3.45. The molecule has 0 aromatic heterocycles. The van der Waals surface area contributed by atoms with E-state index in [0.717, 1.165) is 31.0 Å². The van der Waals surface area contributed by atoms with Crippen molar-refractivity contribution in [3.63, 3.8) is 0 Å². The van der Waals surface area contributed by atoms with Crippen LogP contribution in [0, 0.1) is 5.92 Å². The Hall–Kier alpha value is -0.770.